The molecule has 0 fully saturated rings. The van der Waals surface area contributed by atoms with Crippen LogP contribution in [0.5, 0.6) is 0 Å². The van der Waals surface area contributed by atoms with Crippen molar-refractivity contribution in [1.29, 1.82) is 0 Å². The minimum atomic E-state index is -0.135. The molecule has 5 nitrogen and oxygen atoms in total. The van der Waals surface area contributed by atoms with Crippen LogP contribution in [-0.2, 0) is 19.4 Å². The predicted molar refractivity (Wildman–Crippen MR) is 80.1 cm³/mol. The molecule has 0 aliphatic heterocycles. The van der Waals surface area contributed by atoms with E-state index in [1.807, 2.05) is 20.8 Å². The van der Waals surface area contributed by atoms with Crippen LogP contribution < -0.4 is 5.32 Å². The maximum atomic E-state index is 12.1. The van der Waals surface area contributed by atoms with Gasteiger partial charge in [0, 0.05) is 16.1 Å². The fourth-order valence-electron chi connectivity index (χ4n) is 2.05. The Morgan fingerprint density at radius 2 is 2.05 bits per heavy atom. The van der Waals surface area contributed by atoms with Gasteiger partial charge in [-0.05, 0) is 26.7 Å². The highest BCUT2D eigenvalue weighted by molar-refractivity contribution is 7.11. The molecular weight excluding hydrogens is 272 g/mol. The van der Waals surface area contributed by atoms with Gasteiger partial charge in [-0.1, -0.05) is 13.8 Å². The standard InChI is InChI=1S/C14H20N4OS/c1-5-10-8(3)13(18-17-10)14(19)15-7-11-9(4)16-12(6-2)20-11/h5-7H2,1-4H3,(H,15,19)(H,17,18). The molecule has 0 radical (unpaired) electrons. The Kier molecular flexibility index (Phi) is 4.54. The van der Waals surface area contributed by atoms with Crippen LogP contribution in [0.4, 0.5) is 0 Å². The summed E-state index contributed by atoms with van der Waals surface area (Å²) >= 11 is 1.66. The van der Waals surface area contributed by atoms with E-state index in [1.165, 1.54) is 0 Å². The zero-order valence-electron chi connectivity index (χ0n) is 12.3. The molecular formula is C14H20N4OS. The number of H-pyrrole nitrogens is 1. The van der Waals surface area contributed by atoms with E-state index >= 15 is 0 Å². The van der Waals surface area contributed by atoms with E-state index in [1.54, 1.807) is 11.3 Å². The van der Waals surface area contributed by atoms with Crippen molar-refractivity contribution in [1.82, 2.24) is 20.5 Å². The summed E-state index contributed by atoms with van der Waals surface area (Å²) in [6.07, 6.45) is 1.78. The summed E-state index contributed by atoms with van der Waals surface area (Å²) < 4.78 is 0. The predicted octanol–water partition coefficient (Wildman–Crippen LogP) is 2.54. The number of aryl methyl sites for hydroxylation is 3. The monoisotopic (exact) mass is 292 g/mol. The average molecular weight is 292 g/mol. The number of hydrogen-bond acceptors (Lipinski definition) is 4. The Morgan fingerprint density at radius 1 is 1.30 bits per heavy atom. The summed E-state index contributed by atoms with van der Waals surface area (Å²) in [6.45, 7) is 8.53. The molecule has 0 saturated heterocycles. The second-order valence-corrected chi connectivity index (χ2v) is 5.85. The summed E-state index contributed by atoms with van der Waals surface area (Å²) in [6, 6.07) is 0. The molecule has 2 N–H and O–H groups in total. The molecule has 2 heterocycles. The quantitative estimate of drug-likeness (QED) is 0.889. The van der Waals surface area contributed by atoms with Crippen LogP contribution in [0.15, 0.2) is 0 Å². The summed E-state index contributed by atoms with van der Waals surface area (Å²) in [7, 11) is 0. The van der Waals surface area contributed by atoms with Gasteiger partial charge in [-0.3, -0.25) is 9.89 Å². The third-order valence-corrected chi connectivity index (χ3v) is 4.63. The number of rotatable bonds is 5. The lowest BCUT2D eigenvalue weighted by Crippen LogP contribution is -2.23. The van der Waals surface area contributed by atoms with Crippen LogP contribution in [0.1, 0.15) is 51.2 Å². The van der Waals surface area contributed by atoms with E-state index < -0.39 is 0 Å². The number of thiazole rings is 1. The van der Waals surface area contributed by atoms with Crippen molar-refractivity contribution in [2.45, 2.75) is 47.1 Å². The van der Waals surface area contributed by atoms with Gasteiger partial charge in [-0.15, -0.1) is 11.3 Å². The first kappa shape index (κ1) is 14.7. The van der Waals surface area contributed by atoms with Crippen molar-refractivity contribution in [2.75, 3.05) is 0 Å². The number of nitrogens with zero attached hydrogens (tertiary/aromatic N) is 2. The largest absolute Gasteiger partial charge is 0.346 e. The summed E-state index contributed by atoms with van der Waals surface area (Å²) in [5.74, 6) is -0.135. The van der Waals surface area contributed by atoms with Crippen LogP contribution in [0, 0.1) is 13.8 Å². The lowest BCUT2D eigenvalue weighted by atomic mass is 10.1. The lowest BCUT2D eigenvalue weighted by molar-refractivity contribution is 0.0945. The second kappa shape index (κ2) is 6.17. The topological polar surface area (TPSA) is 70.7 Å². The van der Waals surface area contributed by atoms with Crippen LogP contribution in [0.3, 0.4) is 0 Å². The van der Waals surface area contributed by atoms with Crippen LogP contribution >= 0.6 is 11.3 Å². The molecule has 108 valence electrons. The van der Waals surface area contributed by atoms with Gasteiger partial charge >= 0.3 is 0 Å². The van der Waals surface area contributed by atoms with Gasteiger partial charge in [0.2, 0.25) is 0 Å². The Balaban J connectivity index is 2.04. The molecule has 2 rings (SSSR count). The minimum absolute atomic E-state index is 0.135. The van der Waals surface area contributed by atoms with Crippen molar-refractivity contribution in [3.05, 3.63) is 32.5 Å². The molecule has 0 spiro atoms. The Bertz CT molecular complexity index is 615. The number of aromatic nitrogens is 3. The van der Waals surface area contributed by atoms with Gasteiger partial charge in [0.25, 0.3) is 5.91 Å². The Morgan fingerprint density at radius 3 is 2.60 bits per heavy atom. The number of amides is 1. The van der Waals surface area contributed by atoms with E-state index in [0.29, 0.717) is 12.2 Å². The van der Waals surface area contributed by atoms with Crippen molar-refractivity contribution in [3.8, 4) is 0 Å². The van der Waals surface area contributed by atoms with Crippen molar-refractivity contribution < 1.29 is 4.79 Å². The van der Waals surface area contributed by atoms with Gasteiger partial charge in [0.15, 0.2) is 5.69 Å². The lowest BCUT2D eigenvalue weighted by Gasteiger charge is -2.02. The molecule has 6 heteroatoms. The molecule has 2 aromatic rings. The van der Waals surface area contributed by atoms with Crippen molar-refractivity contribution >= 4 is 17.2 Å². The van der Waals surface area contributed by atoms with E-state index in [9.17, 15) is 4.79 Å². The number of carbonyl (C=O) groups is 1. The van der Waals surface area contributed by atoms with E-state index in [4.69, 9.17) is 0 Å². The number of carbonyl (C=O) groups excluding carboxylic acids is 1. The smallest absolute Gasteiger partial charge is 0.272 e. The molecule has 0 aliphatic rings. The molecule has 0 bridgehead atoms. The highest BCUT2D eigenvalue weighted by atomic mass is 32.1. The maximum Gasteiger partial charge on any atom is 0.272 e. The third-order valence-electron chi connectivity index (χ3n) is 3.33. The molecule has 0 aromatic carbocycles. The highest BCUT2D eigenvalue weighted by Gasteiger charge is 2.16. The molecule has 1 amide bonds. The van der Waals surface area contributed by atoms with Gasteiger partial charge < -0.3 is 5.32 Å². The maximum absolute atomic E-state index is 12.1. The molecule has 0 saturated carbocycles. The Hall–Kier alpha value is -1.69. The first-order valence-corrected chi connectivity index (χ1v) is 7.65. The van der Waals surface area contributed by atoms with Gasteiger partial charge in [-0.25, -0.2) is 4.98 Å². The van der Waals surface area contributed by atoms with Crippen LogP contribution in [0.25, 0.3) is 0 Å². The zero-order valence-corrected chi connectivity index (χ0v) is 13.1. The first-order valence-electron chi connectivity index (χ1n) is 6.84. The van der Waals surface area contributed by atoms with E-state index in [2.05, 4.69) is 27.4 Å². The van der Waals surface area contributed by atoms with Crippen molar-refractivity contribution in [2.24, 2.45) is 0 Å². The molecule has 0 aliphatic carbocycles. The van der Waals surface area contributed by atoms with E-state index in [0.717, 1.165) is 39.7 Å². The van der Waals surface area contributed by atoms with Gasteiger partial charge in [0.1, 0.15) is 0 Å². The van der Waals surface area contributed by atoms with E-state index in [-0.39, 0.29) is 5.91 Å². The summed E-state index contributed by atoms with van der Waals surface area (Å²) in [5, 5.41) is 11.0. The zero-order chi connectivity index (χ0) is 14.7. The van der Waals surface area contributed by atoms with Gasteiger partial charge in [-0.2, -0.15) is 5.10 Å². The van der Waals surface area contributed by atoms with Crippen LogP contribution in [-0.4, -0.2) is 21.1 Å². The molecule has 2 aromatic heterocycles. The SMILES string of the molecule is CCc1nc(C)c(CNC(=O)c2n[nH]c(CC)c2C)s1. The van der Waals surface area contributed by atoms with Crippen molar-refractivity contribution in [3.63, 3.8) is 0 Å². The molecule has 20 heavy (non-hydrogen) atoms. The van der Waals surface area contributed by atoms with Gasteiger partial charge in [0.05, 0.1) is 17.2 Å². The fourth-order valence-corrected chi connectivity index (χ4v) is 3.00. The third kappa shape index (κ3) is 2.90. The highest BCUT2D eigenvalue weighted by Crippen LogP contribution is 2.18. The summed E-state index contributed by atoms with van der Waals surface area (Å²) in [4.78, 5) is 17.7. The first-order chi connectivity index (χ1) is 9.56. The number of hydrogen-bond donors (Lipinski definition) is 2. The molecule has 0 unspecified atom stereocenters. The number of nitrogens with one attached hydrogen (secondary N) is 2. The summed E-state index contributed by atoms with van der Waals surface area (Å²) in [5.41, 5.74) is 3.43. The number of aromatic amines is 1. The second-order valence-electron chi connectivity index (χ2n) is 4.68. The Labute approximate surface area is 122 Å². The fraction of sp³-hybridized carbons (Fsp3) is 0.500. The molecule has 0 atom stereocenters. The normalized spacial score (nSPS) is 10.8. The average Bonchev–Trinajstić information content (AvgIpc) is 2.99. The minimum Gasteiger partial charge on any atom is -0.346 e. The van der Waals surface area contributed by atoms with Crippen LogP contribution in [0.2, 0.25) is 0 Å².